The average Bonchev–Trinajstić information content (AvgIpc) is 3.06. The minimum absolute atomic E-state index is 0.302. The number of hydrogen-bond donors (Lipinski definition) is 1. The molecule has 1 aromatic carbocycles. The molecule has 29 heavy (non-hydrogen) atoms. The van der Waals surface area contributed by atoms with Crippen LogP contribution in [0.25, 0.3) is 0 Å². The van der Waals surface area contributed by atoms with Gasteiger partial charge in [-0.2, -0.15) is 13.2 Å². The highest BCUT2D eigenvalue weighted by Crippen LogP contribution is 2.22. The molecule has 1 aromatic heterocycles. The van der Waals surface area contributed by atoms with E-state index in [4.69, 9.17) is 26.2 Å². The summed E-state index contributed by atoms with van der Waals surface area (Å²) in [5, 5.41) is 11.2. The van der Waals surface area contributed by atoms with Crippen LogP contribution in [0.15, 0.2) is 29.6 Å². The number of piperidine rings is 1. The molecule has 0 atom stereocenters. The second-order valence-electron chi connectivity index (χ2n) is 6.53. The molecular formula is C19H22ClF3N2O3S. The van der Waals surface area contributed by atoms with E-state index < -0.39 is 12.1 Å². The highest BCUT2D eigenvalue weighted by atomic mass is 35.5. The number of ether oxygens (including phenoxy) is 1. The lowest BCUT2D eigenvalue weighted by molar-refractivity contribution is -0.192. The number of halogens is 4. The molecule has 1 aliphatic rings. The average molecular weight is 451 g/mol. The van der Waals surface area contributed by atoms with E-state index in [9.17, 15) is 13.2 Å². The third-order valence-corrected chi connectivity index (χ3v) is 5.28. The van der Waals surface area contributed by atoms with E-state index in [2.05, 4.69) is 22.2 Å². The zero-order chi connectivity index (χ0) is 21.4. The van der Waals surface area contributed by atoms with Crippen molar-refractivity contribution in [2.24, 2.45) is 0 Å². The van der Waals surface area contributed by atoms with Gasteiger partial charge in [-0.05, 0) is 38.0 Å². The summed E-state index contributed by atoms with van der Waals surface area (Å²) in [5.74, 6) is -1.88. The Labute approximate surface area is 176 Å². The second-order valence-corrected chi connectivity index (χ2v) is 8.03. The largest absolute Gasteiger partial charge is 0.490 e. The van der Waals surface area contributed by atoms with Crippen molar-refractivity contribution >= 4 is 28.9 Å². The number of carbonyl (C=O) groups is 1. The Morgan fingerprint density at radius 1 is 1.38 bits per heavy atom. The van der Waals surface area contributed by atoms with Crippen molar-refractivity contribution in [3.63, 3.8) is 0 Å². The van der Waals surface area contributed by atoms with Gasteiger partial charge in [0.25, 0.3) is 0 Å². The lowest BCUT2D eigenvalue weighted by Gasteiger charge is -2.32. The van der Waals surface area contributed by atoms with Crippen molar-refractivity contribution < 1.29 is 27.8 Å². The fraction of sp³-hybridized carbons (Fsp3) is 0.474. The molecule has 1 saturated heterocycles. The Bertz CT molecular complexity index is 793. The van der Waals surface area contributed by atoms with Gasteiger partial charge in [-0.25, -0.2) is 9.78 Å². The molecule has 2 aromatic rings. The van der Waals surface area contributed by atoms with Gasteiger partial charge < -0.3 is 14.7 Å². The van der Waals surface area contributed by atoms with Crippen LogP contribution in [0, 0.1) is 6.92 Å². The van der Waals surface area contributed by atoms with Gasteiger partial charge in [0.1, 0.15) is 11.9 Å². The molecule has 2 heterocycles. The first-order valence-electron chi connectivity index (χ1n) is 8.99. The summed E-state index contributed by atoms with van der Waals surface area (Å²) in [6.07, 6.45) is -1.59. The summed E-state index contributed by atoms with van der Waals surface area (Å²) in [6, 6.07) is 7.67. The number of aromatic nitrogens is 1. The minimum Gasteiger partial charge on any atom is -0.490 e. The van der Waals surface area contributed by atoms with Crippen LogP contribution in [-0.4, -0.2) is 52.9 Å². The zero-order valence-electron chi connectivity index (χ0n) is 15.8. The summed E-state index contributed by atoms with van der Waals surface area (Å²) >= 11 is 7.73. The molecule has 5 nitrogen and oxygen atoms in total. The number of thiazole rings is 1. The minimum atomic E-state index is -5.08. The number of aliphatic carboxylic acids is 1. The SMILES string of the molecule is Cc1nc(CCN2CCC(Oc3cccc(Cl)c3)CC2)cs1.O=C(O)C(F)(F)F. The van der Waals surface area contributed by atoms with Crippen molar-refractivity contribution in [2.45, 2.75) is 38.5 Å². The molecule has 0 amide bonds. The van der Waals surface area contributed by atoms with Crippen LogP contribution in [-0.2, 0) is 11.2 Å². The van der Waals surface area contributed by atoms with Crippen LogP contribution in [0.2, 0.25) is 5.02 Å². The summed E-state index contributed by atoms with van der Waals surface area (Å²) in [4.78, 5) is 15.9. The molecule has 160 valence electrons. The predicted molar refractivity (Wildman–Crippen MR) is 106 cm³/mol. The van der Waals surface area contributed by atoms with Gasteiger partial charge in [0, 0.05) is 36.5 Å². The summed E-state index contributed by atoms with van der Waals surface area (Å²) in [6.45, 7) is 5.34. The third kappa shape index (κ3) is 8.59. The van der Waals surface area contributed by atoms with Gasteiger partial charge in [-0.3, -0.25) is 0 Å². The molecule has 0 saturated carbocycles. The molecular weight excluding hydrogens is 429 g/mol. The molecule has 0 unspecified atom stereocenters. The Hall–Kier alpha value is -1.84. The highest BCUT2D eigenvalue weighted by Gasteiger charge is 2.38. The van der Waals surface area contributed by atoms with Crippen molar-refractivity contribution in [1.82, 2.24) is 9.88 Å². The molecule has 0 aliphatic carbocycles. The van der Waals surface area contributed by atoms with Gasteiger partial charge in [0.2, 0.25) is 0 Å². The maximum Gasteiger partial charge on any atom is 0.490 e. The molecule has 1 N–H and O–H groups in total. The maximum absolute atomic E-state index is 10.6. The fourth-order valence-corrected chi connectivity index (χ4v) is 3.61. The van der Waals surface area contributed by atoms with Crippen LogP contribution in [0.1, 0.15) is 23.5 Å². The van der Waals surface area contributed by atoms with Crippen LogP contribution < -0.4 is 4.74 Å². The maximum atomic E-state index is 10.6. The molecule has 0 spiro atoms. The van der Waals surface area contributed by atoms with Crippen LogP contribution in [0.4, 0.5) is 13.2 Å². The molecule has 1 aliphatic heterocycles. The van der Waals surface area contributed by atoms with Crippen LogP contribution >= 0.6 is 22.9 Å². The summed E-state index contributed by atoms with van der Waals surface area (Å²) in [7, 11) is 0. The standard InChI is InChI=1S/C17H21ClN2OS.C2HF3O2/c1-13-19-15(12-22-13)5-8-20-9-6-16(7-10-20)21-17-4-2-3-14(18)11-17;3-2(4,5)1(6)7/h2-4,11-12,16H,5-10H2,1H3;(H,6,7). The quantitative estimate of drug-likeness (QED) is 0.707. The number of nitrogens with zero attached hydrogens (tertiary/aromatic N) is 2. The van der Waals surface area contributed by atoms with Gasteiger partial charge in [-0.1, -0.05) is 17.7 Å². The first-order valence-corrected chi connectivity index (χ1v) is 10.2. The monoisotopic (exact) mass is 450 g/mol. The Balaban J connectivity index is 0.000000370. The van der Waals surface area contributed by atoms with Crippen molar-refractivity contribution in [3.05, 3.63) is 45.4 Å². The van der Waals surface area contributed by atoms with E-state index in [0.29, 0.717) is 6.10 Å². The number of carboxylic acid groups (broad SMARTS) is 1. The normalized spacial score (nSPS) is 15.5. The van der Waals surface area contributed by atoms with Gasteiger partial charge in [0.15, 0.2) is 0 Å². The molecule has 3 rings (SSSR count). The molecule has 1 fully saturated rings. The molecule has 0 bridgehead atoms. The summed E-state index contributed by atoms with van der Waals surface area (Å²) < 4.78 is 37.8. The van der Waals surface area contributed by atoms with E-state index in [-0.39, 0.29) is 0 Å². The zero-order valence-corrected chi connectivity index (χ0v) is 17.4. The van der Waals surface area contributed by atoms with E-state index >= 15 is 0 Å². The Morgan fingerprint density at radius 3 is 2.55 bits per heavy atom. The summed E-state index contributed by atoms with van der Waals surface area (Å²) in [5.41, 5.74) is 1.22. The smallest absolute Gasteiger partial charge is 0.490 e. The first kappa shape index (κ1) is 23.4. The number of rotatable bonds is 5. The van der Waals surface area contributed by atoms with Crippen molar-refractivity contribution in [3.8, 4) is 5.75 Å². The van der Waals surface area contributed by atoms with Gasteiger partial charge in [0.05, 0.1) is 10.7 Å². The van der Waals surface area contributed by atoms with Gasteiger partial charge >= 0.3 is 12.1 Å². The van der Waals surface area contributed by atoms with Crippen molar-refractivity contribution in [1.29, 1.82) is 0 Å². The number of aryl methyl sites for hydroxylation is 1. The predicted octanol–water partition coefficient (Wildman–Crippen LogP) is 4.82. The number of carboxylic acids is 1. The van der Waals surface area contributed by atoms with Crippen molar-refractivity contribution in [2.75, 3.05) is 19.6 Å². The topological polar surface area (TPSA) is 62.7 Å². The first-order chi connectivity index (χ1) is 13.6. The molecule has 10 heteroatoms. The number of hydrogen-bond acceptors (Lipinski definition) is 5. The number of likely N-dealkylation sites (tertiary alicyclic amines) is 1. The molecule has 0 radical (unpaired) electrons. The number of alkyl halides is 3. The number of benzene rings is 1. The van der Waals surface area contributed by atoms with Crippen LogP contribution in [0.3, 0.4) is 0 Å². The Morgan fingerprint density at radius 2 is 2.03 bits per heavy atom. The van der Waals surface area contributed by atoms with Crippen LogP contribution in [0.5, 0.6) is 5.75 Å². The third-order valence-electron chi connectivity index (χ3n) is 4.23. The highest BCUT2D eigenvalue weighted by molar-refractivity contribution is 7.09. The lowest BCUT2D eigenvalue weighted by Crippen LogP contribution is -2.39. The van der Waals surface area contributed by atoms with E-state index in [0.717, 1.165) is 54.7 Å². The van der Waals surface area contributed by atoms with Gasteiger partial charge in [-0.15, -0.1) is 11.3 Å². The van der Waals surface area contributed by atoms with E-state index in [1.54, 1.807) is 11.3 Å². The second kappa shape index (κ2) is 10.8. The fourth-order valence-electron chi connectivity index (χ4n) is 2.78. The van der Waals surface area contributed by atoms with E-state index in [1.165, 1.54) is 5.69 Å². The Kier molecular flexibility index (Phi) is 8.73. The lowest BCUT2D eigenvalue weighted by atomic mass is 10.1. The van der Waals surface area contributed by atoms with E-state index in [1.807, 2.05) is 24.3 Å².